The first-order valence-corrected chi connectivity index (χ1v) is 6.84. The van der Waals surface area contributed by atoms with Gasteiger partial charge in [0.15, 0.2) is 0 Å². The normalized spacial score (nSPS) is 10.1. The van der Waals surface area contributed by atoms with Crippen molar-refractivity contribution >= 4 is 33.2 Å². The highest BCUT2D eigenvalue weighted by Crippen LogP contribution is 2.20. The van der Waals surface area contributed by atoms with E-state index in [-0.39, 0.29) is 16.9 Å². The fraction of sp³-hybridized carbons (Fsp3) is 0.0714. The summed E-state index contributed by atoms with van der Waals surface area (Å²) >= 11 is 3.38. The summed E-state index contributed by atoms with van der Waals surface area (Å²) < 4.78 is 0.873. The van der Waals surface area contributed by atoms with Gasteiger partial charge in [-0.2, -0.15) is 0 Å². The molecule has 21 heavy (non-hydrogen) atoms. The van der Waals surface area contributed by atoms with Gasteiger partial charge in [-0.25, -0.2) is 0 Å². The topological polar surface area (TPSA) is 98.3 Å². The van der Waals surface area contributed by atoms with Crippen LogP contribution in [0.5, 0.6) is 0 Å². The number of nitro benzene ring substituents is 1. The van der Waals surface area contributed by atoms with Gasteiger partial charge in [0.1, 0.15) is 0 Å². The minimum absolute atomic E-state index is 0.0938. The molecule has 2 aromatic rings. The molecule has 7 heteroatoms. The van der Waals surface area contributed by atoms with Gasteiger partial charge in [-0.05, 0) is 17.7 Å². The van der Waals surface area contributed by atoms with Crippen molar-refractivity contribution in [3.05, 3.63) is 68.2 Å². The Balaban J connectivity index is 2.15. The fourth-order valence-corrected chi connectivity index (χ4v) is 2.19. The molecule has 1 amide bonds. The van der Waals surface area contributed by atoms with Gasteiger partial charge in [0.2, 0.25) is 0 Å². The number of anilines is 1. The summed E-state index contributed by atoms with van der Waals surface area (Å²) in [5.74, 6) is -0.452. The minimum Gasteiger partial charge on any atom is -0.398 e. The Morgan fingerprint density at radius 2 is 2.00 bits per heavy atom. The lowest BCUT2D eigenvalue weighted by Gasteiger charge is -2.08. The molecular formula is C14H12BrN3O3. The number of nitrogens with two attached hydrogens (primary N) is 1. The van der Waals surface area contributed by atoms with Crippen molar-refractivity contribution in [1.29, 1.82) is 0 Å². The molecule has 3 N–H and O–H groups in total. The fourth-order valence-electron chi connectivity index (χ4n) is 1.77. The minimum atomic E-state index is -0.565. The predicted octanol–water partition coefficient (Wildman–Crippen LogP) is 2.87. The van der Waals surface area contributed by atoms with Gasteiger partial charge in [-0.1, -0.05) is 34.1 Å². The summed E-state index contributed by atoms with van der Waals surface area (Å²) in [7, 11) is 0. The van der Waals surface area contributed by atoms with Crippen molar-refractivity contribution in [2.45, 2.75) is 6.54 Å². The number of carbonyl (C=O) groups excluding carboxylic acids is 1. The largest absolute Gasteiger partial charge is 0.398 e. The number of carbonyl (C=O) groups is 1. The molecule has 0 fully saturated rings. The number of nitrogens with one attached hydrogen (secondary N) is 1. The Morgan fingerprint density at radius 1 is 1.29 bits per heavy atom. The first kappa shape index (κ1) is 15.0. The second-order valence-electron chi connectivity index (χ2n) is 4.30. The van der Waals surface area contributed by atoms with Crippen LogP contribution in [0.4, 0.5) is 11.4 Å². The third kappa shape index (κ3) is 3.57. The zero-order valence-electron chi connectivity index (χ0n) is 10.9. The van der Waals surface area contributed by atoms with Crippen molar-refractivity contribution < 1.29 is 9.72 Å². The lowest BCUT2D eigenvalue weighted by Crippen LogP contribution is -2.24. The molecule has 0 saturated carbocycles. The molecule has 0 aliphatic carbocycles. The van der Waals surface area contributed by atoms with Gasteiger partial charge in [0.05, 0.1) is 10.5 Å². The van der Waals surface area contributed by atoms with Gasteiger partial charge in [0.25, 0.3) is 11.6 Å². The summed E-state index contributed by atoms with van der Waals surface area (Å²) in [4.78, 5) is 22.3. The Hall–Kier alpha value is -2.41. The molecule has 0 aliphatic rings. The number of rotatable bonds is 4. The van der Waals surface area contributed by atoms with Crippen LogP contribution in [0.2, 0.25) is 0 Å². The van der Waals surface area contributed by atoms with E-state index in [4.69, 9.17) is 5.73 Å². The second-order valence-corrected chi connectivity index (χ2v) is 5.16. The number of hydrogen-bond donors (Lipinski definition) is 2. The molecule has 6 nitrogen and oxygen atoms in total. The van der Waals surface area contributed by atoms with E-state index in [2.05, 4.69) is 21.2 Å². The number of non-ortho nitro benzene ring substituents is 1. The monoisotopic (exact) mass is 349 g/mol. The highest BCUT2D eigenvalue weighted by Gasteiger charge is 2.15. The van der Waals surface area contributed by atoms with Gasteiger partial charge in [-0.3, -0.25) is 14.9 Å². The molecule has 2 rings (SSSR count). The number of nitrogens with zero attached hydrogens (tertiary/aromatic N) is 1. The highest BCUT2D eigenvalue weighted by atomic mass is 79.9. The maximum atomic E-state index is 12.1. The number of benzene rings is 2. The van der Waals surface area contributed by atoms with Gasteiger partial charge in [-0.15, -0.1) is 0 Å². The Kier molecular flexibility index (Phi) is 4.54. The first-order valence-electron chi connectivity index (χ1n) is 6.04. The molecule has 0 aliphatic heterocycles. The molecule has 0 radical (unpaired) electrons. The van der Waals surface area contributed by atoms with Crippen molar-refractivity contribution in [1.82, 2.24) is 5.32 Å². The average molecular weight is 350 g/mol. The van der Waals surface area contributed by atoms with E-state index in [1.54, 1.807) is 0 Å². The number of hydrogen-bond acceptors (Lipinski definition) is 4. The number of nitro groups is 1. The SMILES string of the molecule is Nc1ccc([N+](=O)[O-])cc1C(=O)NCc1ccccc1Br. The molecule has 2 aromatic carbocycles. The summed E-state index contributed by atoms with van der Waals surface area (Å²) in [6, 6.07) is 11.2. The summed E-state index contributed by atoms with van der Waals surface area (Å²) in [6.07, 6.45) is 0. The maximum absolute atomic E-state index is 12.1. The van der Waals surface area contributed by atoms with Gasteiger partial charge < -0.3 is 11.1 Å². The quantitative estimate of drug-likeness (QED) is 0.503. The smallest absolute Gasteiger partial charge is 0.270 e. The molecular weight excluding hydrogens is 338 g/mol. The van der Waals surface area contributed by atoms with E-state index in [0.717, 1.165) is 10.0 Å². The van der Waals surface area contributed by atoms with E-state index in [1.807, 2.05) is 24.3 Å². The van der Waals surface area contributed by atoms with Crippen LogP contribution in [0.3, 0.4) is 0 Å². The molecule has 0 bridgehead atoms. The summed E-state index contributed by atoms with van der Waals surface area (Å²) in [5.41, 5.74) is 6.72. The van der Waals surface area contributed by atoms with Gasteiger partial charge in [0, 0.05) is 28.8 Å². The van der Waals surface area contributed by atoms with E-state index in [9.17, 15) is 14.9 Å². The molecule has 0 unspecified atom stereocenters. The Morgan fingerprint density at radius 3 is 2.67 bits per heavy atom. The van der Waals surface area contributed by atoms with Crippen LogP contribution in [-0.4, -0.2) is 10.8 Å². The van der Waals surface area contributed by atoms with E-state index in [1.165, 1.54) is 18.2 Å². The maximum Gasteiger partial charge on any atom is 0.270 e. The summed E-state index contributed by atoms with van der Waals surface area (Å²) in [6.45, 7) is 0.294. The van der Waals surface area contributed by atoms with E-state index in [0.29, 0.717) is 6.54 Å². The standard InChI is InChI=1S/C14H12BrN3O3/c15-12-4-2-1-3-9(12)8-17-14(19)11-7-10(18(20)21)5-6-13(11)16/h1-7H,8,16H2,(H,17,19). The van der Waals surface area contributed by atoms with Crippen LogP contribution < -0.4 is 11.1 Å². The number of nitrogen functional groups attached to an aromatic ring is 1. The average Bonchev–Trinajstić information content (AvgIpc) is 2.46. The van der Waals surface area contributed by atoms with Crippen LogP contribution in [0.1, 0.15) is 15.9 Å². The van der Waals surface area contributed by atoms with Crippen LogP contribution >= 0.6 is 15.9 Å². The second kappa shape index (κ2) is 6.36. The van der Waals surface area contributed by atoms with E-state index >= 15 is 0 Å². The highest BCUT2D eigenvalue weighted by molar-refractivity contribution is 9.10. The molecule has 0 saturated heterocycles. The van der Waals surface area contributed by atoms with Crippen LogP contribution in [-0.2, 0) is 6.54 Å². The van der Waals surface area contributed by atoms with Crippen molar-refractivity contribution in [2.24, 2.45) is 0 Å². The molecule has 0 spiro atoms. The first-order chi connectivity index (χ1) is 9.99. The molecule has 0 aromatic heterocycles. The zero-order valence-corrected chi connectivity index (χ0v) is 12.5. The molecule has 108 valence electrons. The predicted molar refractivity (Wildman–Crippen MR) is 82.8 cm³/mol. The third-order valence-corrected chi connectivity index (χ3v) is 3.66. The Bertz CT molecular complexity index is 704. The van der Waals surface area contributed by atoms with Crippen molar-refractivity contribution in [2.75, 3.05) is 5.73 Å². The number of halogens is 1. The van der Waals surface area contributed by atoms with Crippen molar-refractivity contribution in [3.63, 3.8) is 0 Å². The van der Waals surface area contributed by atoms with Crippen molar-refractivity contribution in [3.8, 4) is 0 Å². The van der Waals surface area contributed by atoms with Crippen LogP contribution in [0, 0.1) is 10.1 Å². The third-order valence-electron chi connectivity index (χ3n) is 2.89. The number of amides is 1. The van der Waals surface area contributed by atoms with Crippen LogP contribution in [0.25, 0.3) is 0 Å². The lowest BCUT2D eigenvalue weighted by atomic mass is 10.1. The van der Waals surface area contributed by atoms with E-state index < -0.39 is 10.8 Å². The molecule has 0 heterocycles. The Labute approximate surface area is 129 Å². The lowest BCUT2D eigenvalue weighted by molar-refractivity contribution is -0.384. The van der Waals surface area contributed by atoms with Crippen LogP contribution in [0.15, 0.2) is 46.9 Å². The zero-order chi connectivity index (χ0) is 15.4. The van der Waals surface area contributed by atoms with Gasteiger partial charge >= 0.3 is 0 Å². The summed E-state index contributed by atoms with van der Waals surface area (Å²) in [5, 5.41) is 13.4. The molecule has 0 atom stereocenters.